The third kappa shape index (κ3) is 2.65. The number of aliphatic imine (C=N–C) groups is 1. The topological polar surface area (TPSA) is 57.5 Å². The molecule has 0 radical (unpaired) electrons. The van der Waals surface area contributed by atoms with Crippen LogP contribution in [0.3, 0.4) is 0 Å². The lowest BCUT2D eigenvalue weighted by molar-refractivity contribution is 0.240. The minimum absolute atomic E-state index is 0.343. The van der Waals surface area contributed by atoms with Gasteiger partial charge < -0.3 is 0 Å². The number of aromatic nitrogens is 1. The van der Waals surface area contributed by atoms with Gasteiger partial charge in [0.2, 0.25) is 0 Å². The van der Waals surface area contributed by atoms with Gasteiger partial charge in [-0.05, 0) is 34.5 Å². The molecular formula is C7H7BrClN3O. The Morgan fingerprint density at radius 3 is 3.08 bits per heavy atom. The van der Waals surface area contributed by atoms with Crippen LogP contribution in [0.1, 0.15) is 5.56 Å². The second-order valence-corrected chi connectivity index (χ2v) is 3.50. The number of hydroxylamine groups is 1. The van der Waals surface area contributed by atoms with Gasteiger partial charge in [-0.25, -0.2) is 9.98 Å². The maximum absolute atomic E-state index is 8.27. The third-order valence-electron chi connectivity index (χ3n) is 1.34. The van der Waals surface area contributed by atoms with E-state index in [0.717, 1.165) is 16.4 Å². The van der Waals surface area contributed by atoms with Crippen molar-refractivity contribution in [3.05, 3.63) is 21.3 Å². The van der Waals surface area contributed by atoms with Gasteiger partial charge in [0.05, 0.1) is 4.47 Å². The van der Waals surface area contributed by atoms with Crippen LogP contribution in [-0.4, -0.2) is 16.5 Å². The highest BCUT2D eigenvalue weighted by atomic mass is 79.9. The summed E-state index contributed by atoms with van der Waals surface area (Å²) >= 11 is 8.99. The summed E-state index contributed by atoms with van der Waals surface area (Å²) < 4.78 is 0.725. The Kier molecular flexibility index (Phi) is 3.65. The number of aryl methyl sites for hydroxylation is 1. The first kappa shape index (κ1) is 10.4. The average molecular weight is 265 g/mol. The van der Waals surface area contributed by atoms with Crippen LogP contribution in [0, 0.1) is 6.92 Å². The van der Waals surface area contributed by atoms with Crippen LogP contribution in [0.4, 0.5) is 5.82 Å². The quantitative estimate of drug-likeness (QED) is 0.373. The van der Waals surface area contributed by atoms with Crippen molar-refractivity contribution in [1.82, 2.24) is 10.5 Å². The molecule has 0 amide bonds. The summed E-state index contributed by atoms with van der Waals surface area (Å²) in [5.74, 6) is 0.467. The number of hydrogen-bond acceptors (Lipinski definition) is 3. The van der Waals surface area contributed by atoms with E-state index in [4.69, 9.17) is 16.8 Å². The zero-order valence-electron chi connectivity index (χ0n) is 6.75. The first-order valence-corrected chi connectivity index (χ1v) is 4.57. The molecule has 0 atom stereocenters. The number of nitrogens with zero attached hydrogens (tertiary/aromatic N) is 2. The molecular weight excluding hydrogens is 257 g/mol. The van der Waals surface area contributed by atoms with Gasteiger partial charge in [0, 0.05) is 0 Å². The van der Waals surface area contributed by atoms with Crippen molar-refractivity contribution in [1.29, 1.82) is 0 Å². The van der Waals surface area contributed by atoms with E-state index in [2.05, 4.69) is 25.9 Å². The Hall–Kier alpha value is -0.650. The third-order valence-corrected chi connectivity index (χ3v) is 2.46. The van der Waals surface area contributed by atoms with Crippen LogP contribution in [0.5, 0.6) is 0 Å². The molecule has 0 saturated carbocycles. The predicted octanol–water partition coefficient (Wildman–Crippen LogP) is 2.44. The van der Waals surface area contributed by atoms with Gasteiger partial charge in [0.15, 0.2) is 5.82 Å². The molecule has 1 aromatic heterocycles. The van der Waals surface area contributed by atoms with Crippen LogP contribution in [0.25, 0.3) is 0 Å². The molecule has 0 fully saturated rings. The Balaban J connectivity index is 3.08. The van der Waals surface area contributed by atoms with Crippen LogP contribution in [0.2, 0.25) is 5.15 Å². The lowest BCUT2D eigenvalue weighted by Gasteiger charge is -2.01. The second kappa shape index (κ2) is 4.55. The maximum atomic E-state index is 8.27. The fraction of sp³-hybridized carbons (Fsp3) is 0.143. The molecule has 0 unspecified atom stereocenters. The Bertz CT molecular complexity index is 343. The summed E-state index contributed by atoms with van der Waals surface area (Å²) in [4.78, 5) is 7.80. The van der Waals surface area contributed by atoms with Gasteiger partial charge in [-0.3, -0.25) is 10.7 Å². The summed E-state index contributed by atoms with van der Waals surface area (Å²) in [7, 11) is 0. The zero-order chi connectivity index (χ0) is 9.84. The highest BCUT2D eigenvalue weighted by Crippen LogP contribution is 2.26. The number of nitrogens with one attached hydrogen (secondary N) is 1. The molecule has 1 rings (SSSR count). The maximum Gasteiger partial charge on any atom is 0.158 e. The van der Waals surface area contributed by atoms with Crippen molar-refractivity contribution in [2.24, 2.45) is 4.99 Å². The molecule has 0 aromatic carbocycles. The van der Waals surface area contributed by atoms with Crippen molar-refractivity contribution in [2.45, 2.75) is 6.92 Å². The van der Waals surface area contributed by atoms with Gasteiger partial charge >= 0.3 is 0 Å². The van der Waals surface area contributed by atoms with Crippen LogP contribution in [0.15, 0.2) is 15.5 Å². The molecule has 70 valence electrons. The number of rotatable bonds is 2. The first-order valence-electron chi connectivity index (χ1n) is 3.40. The van der Waals surface area contributed by atoms with Gasteiger partial charge in [0.25, 0.3) is 0 Å². The predicted molar refractivity (Wildman–Crippen MR) is 54.8 cm³/mol. The number of halogens is 2. The Morgan fingerprint density at radius 1 is 1.77 bits per heavy atom. The van der Waals surface area contributed by atoms with E-state index in [-0.39, 0.29) is 0 Å². The number of pyridine rings is 1. The van der Waals surface area contributed by atoms with Crippen molar-refractivity contribution in [3.63, 3.8) is 0 Å². The number of hydrogen-bond donors (Lipinski definition) is 2. The summed E-state index contributed by atoms with van der Waals surface area (Å²) in [5, 5.41) is 8.62. The van der Waals surface area contributed by atoms with Crippen molar-refractivity contribution >= 4 is 39.7 Å². The lowest BCUT2D eigenvalue weighted by atomic mass is 10.3. The molecule has 0 aliphatic heterocycles. The van der Waals surface area contributed by atoms with Crippen LogP contribution >= 0.6 is 27.5 Å². The van der Waals surface area contributed by atoms with Gasteiger partial charge in [-0.2, -0.15) is 0 Å². The van der Waals surface area contributed by atoms with E-state index in [1.54, 1.807) is 11.5 Å². The zero-order valence-corrected chi connectivity index (χ0v) is 9.09. The molecule has 0 spiro atoms. The van der Waals surface area contributed by atoms with Gasteiger partial charge in [-0.1, -0.05) is 11.6 Å². The highest BCUT2D eigenvalue weighted by molar-refractivity contribution is 9.10. The van der Waals surface area contributed by atoms with Crippen molar-refractivity contribution < 1.29 is 5.21 Å². The monoisotopic (exact) mass is 263 g/mol. The summed E-state index contributed by atoms with van der Waals surface area (Å²) in [5.41, 5.74) is 2.65. The molecule has 0 aliphatic carbocycles. The van der Waals surface area contributed by atoms with Crippen LogP contribution in [-0.2, 0) is 0 Å². The van der Waals surface area contributed by atoms with Gasteiger partial charge in [-0.15, -0.1) is 0 Å². The largest absolute Gasteiger partial charge is 0.290 e. The van der Waals surface area contributed by atoms with Crippen molar-refractivity contribution in [2.75, 3.05) is 0 Å². The van der Waals surface area contributed by atoms with Gasteiger partial charge in [0.1, 0.15) is 11.5 Å². The smallest absolute Gasteiger partial charge is 0.158 e. The van der Waals surface area contributed by atoms with E-state index in [1.165, 1.54) is 0 Å². The first-order chi connectivity index (χ1) is 6.15. The average Bonchev–Trinajstić information content (AvgIpc) is 2.09. The minimum Gasteiger partial charge on any atom is -0.290 e. The molecule has 0 saturated heterocycles. The van der Waals surface area contributed by atoms with E-state index in [1.807, 2.05) is 6.92 Å². The SMILES string of the molecule is Cc1cc(Br)c(Cl)nc1N=CNO. The standard InChI is InChI=1S/C7H7BrClN3O/c1-4-2-5(8)6(9)12-7(4)10-3-11-13/h2-3,13H,1H3,(H,10,11,12). The minimum atomic E-state index is 0.343. The molecule has 2 N–H and O–H groups in total. The normalized spacial score (nSPS) is 10.8. The molecule has 13 heavy (non-hydrogen) atoms. The van der Waals surface area contributed by atoms with E-state index in [0.29, 0.717) is 11.0 Å². The summed E-state index contributed by atoms with van der Waals surface area (Å²) in [6.45, 7) is 1.85. The highest BCUT2D eigenvalue weighted by Gasteiger charge is 2.03. The Morgan fingerprint density at radius 2 is 2.46 bits per heavy atom. The van der Waals surface area contributed by atoms with E-state index < -0.39 is 0 Å². The van der Waals surface area contributed by atoms with E-state index in [9.17, 15) is 0 Å². The Labute approximate surface area is 88.7 Å². The van der Waals surface area contributed by atoms with Crippen LogP contribution < -0.4 is 5.48 Å². The second-order valence-electron chi connectivity index (χ2n) is 2.29. The fourth-order valence-electron chi connectivity index (χ4n) is 0.769. The fourth-order valence-corrected chi connectivity index (χ4v) is 1.34. The summed E-state index contributed by atoms with van der Waals surface area (Å²) in [6.07, 6.45) is 1.12. The molecule has 1 heterocycles. The van der Waals surface area contributed by atoms with E-state index >= 15 is 0 Å². The molecule has 1 aromatic rings. The lowest BCUT2D eigenvalue weighted by Crippen LogP contribution is -2.01. The van der Waals surface area contributed by atoms with Crippen molar-refractivity contribution in [3.8, 4) is 0 Å². The molecule has 0 bridgehead atoms. The molecule has 0 aliphatic rings. The molecule has 6 heteroatoms. The molecule has 4 nitrogen and oxygen atoms in total. The summed E-state index contributed by atoms with van der Waals surface area (Å²) in [6, 6.07) is 1.80.